The second kappa shape index (κ2) is 11.0. The lowest BCUT2D eigenvalue weighted by molar-refractivity contribution is -0.124. The highest BCUT2D eigenvalue weighted by Crippen LogP contribution is 2.38. The van der Waals surface area contributed by atoms with E-state index in [1.54, 1.807) is 18.6 Å². The molecule has 0 saturated carbocycles. The Bertz CT molecular complexity index is 1170. The average Bonchev–Trinajstić information content (AvgIpc) is 2.89. The molecule has 35 heavy (non-hydrogen) atoms. The van der Waals surface area contributed by atoms with Crippen molar-refractivity contribution in [2.45, 2.75) is 51.4 Å². The maximum Gasteiger partial charge on any atom is 0.237 e. The van der Waals surface area contributed by atoms with Crippen molar-refractivity contribution in [3.8, 4) is 22.6 Å². The number of ether oxygens (including phenoxy) is 3. The summed E-state index contributed by atoms with van der Waals surface area (Å²) < 4.78 is 18.1. The van der Waals surface area contributed by atoms with E-state index in [1.165, 1.54) is 0 Å². The molecule has 9 nitrogen and oxygen atoms in total. The predicted molar refractivity (Wildman–Crippen MR) is 131 cm³/mol. The van der Waals surface area contributed by atoms with Gasteiger partial charge in [-0.05, 0) is 44.0 Å². The monoisotopic (exact) mass is 477 g/mol. The van der Waals surface area contributed by atoms with E-state index < -0.39 is 0 Å². The number of piperidine rings is 1. The highest BCUT2D eigenvalue weighted by atomic mass is 16.5. The Morgan fingerprint density at radius 1 is 1.14 bits per heavy atom. The Balaban J connectivity index is 1.48. The van der Waals surface area contributed by atoms with Crippen LogP contribution in [0.15, 0.2) is 36.8 Å². The molecule has 2 N–H and O–H groups in total. The van der Waals surface area contributed by atoms with Gasteiger partial charge in [0, 0.05) is 48.5 Å². The number of nitrogens with one attached hydrogen (secondary N) is 2. The van der Waals surface area contributed by atoms with E-state index >= 15 is 0 Å². The molecule has 0 unspecified atom stereocenters. The summed E-state index contributed by atoms with van der Waals surface area (Å²) in [5, 5.41) is 7.18. The standard InChI is InChI=1S/C26H31N5O4/c1-2-9-33-16-24-30-13-17(14-31-24)20-4-5-22-21-11-19(15-29-22)35-18-6-8-27-23(12-18)26(32)28-7-3-10-34-25(20)21/h4-5,11,13-15,18,23,27H,2-3,6-10,12,16H2,1H3,(H,28,32)/t18-,23-/m0/s1. The summed E-state index contributed by atoms with van der Waals surface area (Å²) in [5.74, 6) is 2.03. The Morgan fingerprint density at radius 2 is 2.03 bits per heavy atom. The normalized spacial score (nSPS) is 20.5. The number of fused-ring (bicyclic) bond motifs is 3. The van der Waals surface area contributed by atoms with Gasteiger partial charge in [0.25, 0.3) is 0 Å². The molecule has 2 atom stereocenters. The van der Waals surface area contributed by atoms with Crippen molar-refractivity contribution in [1.82, 2.24) is 25.6 Å². The predicted octanol–water partition coefficient (Wildman–Crippen LogP) is 3.02. The molecule has 1 aromatic carbocycles. The van der Waals surface area contributed by atoms with Gasteiger partial charge in [-0.2, -0.15) is 0 Å². The fraction of sp³-hybridized carbons (Fsp3) is 0.462. The van der Waals surface area contributed by atoms with Crippen LogP contribution in [0, 0.1) is 0 Å². The summed E-state index contributed by atoms with van der Waals surface area (Å²) in [5.41, 5.74) is 2.56. The highest BCUT2D eigenvalue weighted by Gasteiger charge is 2.28. The average molecular weight is 478 g/mol. The molecule has 1 saturated heterocycles. The zero-order valence-electron chi connectivity index (χ0n) is 20.0. The van der Waals surface area contributed by atoms with E-state index in [-0.39, 0.29) is 18.1 Å². The molecule has 184 valence electrons. The number of nitrogens with zero attached hydrogens (tertiary/aromatic N) is 3. The third kappa shape index (κ3) is 5.52. The van der Waals surface area contributed by atoms with Gasteiger partial charge in [-0.1, -0.05) is 6.92 Å². The van der Waals surface area contributed by atoms with E-state index in [2.05, 4.69) is 32.5 Å². The van der Waals surface area contributed by atoms with Crippen molar-refractivity contribution >= 4 is 16.8 Å². The van der Waals surface area contributed by atoms with Gasteiger partial charge in [-0.15, -0.1) is 0 Å². The first-order valence-corrected chi connectivity index (χ1v) is 12.3. The van der Waals surface area contributed by atoms with E-state index in [0.717, 1.165) is 41.4 Å². The zero-order chi connectivity index (χ0) is 24.0. The van der Waals surface area contributed by atoms with Crippen LogP contribution in [0.3, 0.4) is 0 Å². The van der Waals surface area contributed by atoms with Crippen LogP contribution in [0.4, 0.5) is 0 Å². The summed E-state index contributed by atoms with van der Waals surface area (Å²) in [6.07, 6.45) is 8.37. The quantitative estimate of drug-likeness (QED) is 0.540. The number of carbonyl (C=O) groups excluding carboxylic acids is 1. The topological polar surface area (TPSA) is 107 Å². The van der Waals surface area contributed by atoms with Crippen molar-refractivity contribution < 1.29 is 19.0 Å². The molecule has 5 rings (SSSR count). The lowest BCUT2D eigenvalue weighted by atomic mass is 10.0. The third-order valence-corrected chi connectivity index (χ3v) is 6.23. The number of rotatable bonds is 5. The molecule has 4 heterocycles. The van der Waals surface area contributed by atoms with Crippen molar-refractivity contribution in [3.63, 3.8) is 0 Å². The maximum atomic E-state index is 12.6. The Labute approximate surface area is 204 Å². The highest BCUT2D eigenvalue weighted by molar-refractivity contribution is 5.93. The molecule has 0 radical (unpaired) electrons. The van der Waals surface area contributed by atoms with Crippen LogP contribution in [0.25, 0.3) is 22.0 Å². The van der Waals surface area contributed by atoms with Crippen molar-refractivity contribution in [2.75, 3.05) is 26.3 Å². The van der Waals surface area contributed by atoms with E-state index in [1.807, 2.05) is 18.2 Å². The fourth-order valence-electron chi connectivity index (χ4n) is 4.44. The summed E-state index contributed by atoms with van der Waals surface area (Å²) in [7, 11) is 0. The van der Waals surface area contributed by atoms with Gasteiger partial charge < -0.3 is 24.8 Å². The van der Waals surface area contributed by atoms with Gasteiger partial charge in [0.2, 0.25) is 5.91 Å². The minimum absolute atomic E-state index is 0.00480. The smallest absolute Gasteiger partial charge is 0.237 e. The molecule has 4 bridgehead atoms. The Hall–Kier alpha value is -3.30. The lowest BCUT2D eigenvalue weighted by Crippen LogP contribution is -2.51. The van der Waals surface area contributed by atoms with Gasteiger partial charge in [-0.3, -0.25) is 9.78 Å². The van der Waals surface area contributed by atoms with E-state index in [0.29, 0.717) is 56.5 Å². The molecule has 1 fully saturated rings. The molecule has 3 aromatic rings. The first-order valence-electron chi connectivity index (χ1n) is 12.3. The van der Waals surface area contributed by atoms with Gasteiger partial charge in [-0.25, -0.2) is 9.97 Å². The fourth-order valence-corrected chi connectivity index (χ4v) is 4.44. The van der Waals surface area contributed by atoms with Crippen LogP contribution in [0.5, 0.6) is 11.5 Å². The molecule has 2 aromatic heterocycles. The van der Waals surface area contributed by atoms with E-state index in [9.17, 15) is 4.79 Å². The number of hydrogen-bond acceptors (Lipinski definition) is 8. The maximum absolute atomic E-state index is 12.6. The summed E-state index contributed by atoms with van der Waals surface area (Å²) >= 11 is 0. The van der Waals surface area contributed by atoms with Crippen molar-refractivity contribution in [2.24, 2.45) is 0 Å². The number of aromatic nitrogens is 3. The number of benzene rings is 1. The first kappa shape index (κ1) is 23.4. The van der Waals surface area contributed by atoms with E-state index in [4.69, 9.17) is 14.2 Å². The SMILES string of the molecule is CCCOCc1ncc(-c2ccc3ncc4cc3c2OCCCNC(=O)[C@@H]2C[C@H](CCN2)O4)cn1. The van der Waals surface area contributed by atoms with Crippen molar-refractivity contribution in [3.05, 3.63) is 42.6 Å². The van der Waals surface area contributed by atoms with Crippen LogP contribution in [0.2, 0.25) is 0 Å². The first-order chi connectivity index (χ1) is 17.2. The summed E-state index contributed by atoms with van der Waals surface area (Å²) in [6, 6.07) is 5.70. The number of hydrogen-bond donors (Lipinski definition) is 2. The second-order valence-electron chi connectivity index (χ2n) is 8.88. The third-order valence-electron chi connectivity index (χ3n) is 6.23. The number of carbonyl (C=O) groups is 1. The van der Waals surface area contributed by atoms with Crippen LogP contribution in [-0.4, -0.2) is 59.3 Å². The number of pyridine rings is 1. The molecule has 0 aliphatic carbocycles. The van der Waals surface area contributed by atoms with Gasteiger partial charge in [0.05, 0.1) is 24.4 Å². The molecule has 2 aliphatic heterocycles. The molecule has 1 amide bonds. The Morgan fingerprint density at radius 3 is 2.89 bits per heavy atom. The van der Waals surface area contributed by atoms with Crippen LogP contribution in [-0.2, 0) is 16.1 Å². The molecule has 9 heteroatoms. The second-order valence-corrected chi connectivity index (χ2v) is 8.88. The molecular formula is C26H31N5O4. The van der Waals surface area contributed by atoms with Crippen LogP contribution < -0.4 is 20.1 Å². The minimum Gasteiger partial charge on any atom is -0.492 e. The number of amides is 1. The van der Waals surface area contributed by atoms with Crippen LogP contribution in [0.1, 0.15) is 38.4 Å². The van der Waals surface area contributed by atoms with Crippen LogP contribution >= 0.6 is 0 Å². The summed E-state index contributed by atoms with van der Waals surface area (Å²) in [6.45, 7) is 4.87. The molecule has 2 aliphatic rings. The van der Waals surface area contributed by atoms with Crippen molar-refractivity contribution in [1.29, 1.82) is 0 Å². The zero-order valence-corrected chi connectivity index (χ0v) is 20.0. The largest absolute Gasteiger partial charge is 0.492 e. The van der Waals surface area contributed by atoms with Gasteiger partial charge in [0.15, 0.2) is 5.82 Å². The summed E-state index contributed by atoms with van der Waals surface area (Å²) in [4.78, 5) is 26.2. The Kier molecular flexibility index (Phi) is 7.34. The molecule has 0 spiro atoms. The molecular weight excluding hydrogens is 446 g/mol. The minimum atomic E-state index is -0.247. The van der Waals surface area contributed by atoms with Gasteiger partial charge in [0.1, 0.15) is 24.2 Å². The van der Waals surface area contributed by atoms with Gasteiger partial charge >= 0.3 is 0 Å². The lowest BCUT2D eigenvalue weighted by Gasteiger charge is -2.30.